The molecule has 0 unspecified atom stereocenters. The maximum atomic E-state index is 6.39. The third-order valence-corrected chi connectivity index (χ3v) is 11.5. The molecule has 10 rings (SSSR count). The second-order valence-electron chi connectivity index (χ2n) is 17.1. The molecule has 0 radical (unpaired) electrons. The first-order chi connectivity index (χ1) is 26.0. The first kappa shape index (κ1) is 32.5. The minimum absolute atomic E-state index is 0.0191. The number of para-hydroxylation sites is 1. The Hall–Kier alpha value is -6.12. The molecule has 1 heterocycles. The van der Waals surface area contributed by atoms with Crippen LogP contribution >= 0.6 is 0 Å². The van der Waals surface area contributed by atoms with Gasteiger partial charge in [-0.15, -0.1) is 0 Å². The van der Waals surface area contributed by atoms with Crippen LogP contribution in [0, 0.1) is 0 Å². The average Bonchev–Trinajstić information content (AvgIpc) is 3.54. The highest BCUT2D eigenvalue weighted by molar-refractivity contribution is 6.12. The molecule has 0 saturated heterocycles. The van der Waals surface area contributed by atoms with Gasteiger partial charge in [0.25, 0.3) is 0 Å². The molecule has 54 heavy (non-hydrogen) atoms. The van der Waals surface area contributed by atoms with Crippen LogP contribution < -0.4 is 4.90 Å². The molecule has 8 aromatic carbocycles. The molecule has 9 aromatic rings. The fourth-order valence-corrected chi connectivity index (χ4v) is 8.31. The molecule has 0 saturated carbocycles. The van der Waals surface area contributed by atoms with Gasteiger partial charge < -0.3 is 9.32 Å². The summed E-state index contributed by atoms with van der Waals surface area (Å²) in [7, 11) is 0. The summed E-state index contributed by atoms with van der Waals surface area (Å²) in [6, 6.07) is 56.2. The number of anilines is 3. The standard InChI is InChI=1S/C52H43NO/c1-51(2,3)38-19-16-32(17-20-38)33-14-15-34-26-45-46-27-35-18-21-41(25-37(35)29-48(46)47(45)28-36(34)24-33)53(40-11-9-10-39(30-40)52(4,5)6)42-22-23-44-43-12-7-8-13-49(43)54-50(44)31-42/h7-31H,1-6H3. The van der Waals surface area contributed by atoms with Gasteiger partial charge in [-0.3, -0.25) is 0 Å². The summed E-state index contributed by atoms with van der Waals surface area (Å²) >= 11 is 0. The van der Waals surface area contributed by atoms with Crippen LogP contribution in [0.5, 0.6) is 0 Å². The van der Waals surface area contributed by atoms with Crippen molar-refractivity contribution in [2.24, 2.45) is 0 Å². The highest BCUT2D eigenvalue weighted by atomic mass is 16.3. The first-order valence-corrected chi connectivity index (χ1v) is 19.1. The van der Waals surface area contributed by atoms with E-state index in [2.05, 4.69) is 186 Å². The van der Waals surface area contributed by atoms with Gasteiger partial charge in [0.1, 0.15) is 11.2 Å². The van der Waals surface area contributed by atoms with Crippen molar-refractivity contribution in [2.75, 3.05) is 4.90 Å². The fourth-order valence-electron chi connectivity index (χ4n) is 8.31. The lowest BCUT2D eigenvalue weighted by atomic mass is 9.77. The summed E-state index contributed by atoms with van der Waals surface area (Å²) in [6.45, 7) is 13.6. The summed E-state index contributed by atoms with van der Waals surface area (Å²) in [5, 5.41) is 7.30. The number of nitrogens with zero attached hydrogens (tertiary/aromatic N) is 1. The van der Waals surface area contributed by atoms with E-state index in [0.29, 0.717) is 0 Å². The van der Waals surface area contributed by atoms with Crippen LogP contribution in [0.4, 0.5) is 17.1 Å². The molecule has 0 fully saturated rings. The third-order valence-electron chi connectivity index (χ3n) is 11.5. The van der Waals surface area contributed by atoms with Crippen LogP contribution in [0.1, 0.15) is 52.7 Å². The lowest BCUT2D eigenvalue weighted by Gasteiger charge is -2.29. The number of hydrogen-bond donors (Lipinski definition) is 0. The van der Waals surface area contributed by atoms with E-state index in [1.807, 2.05) is 12.1 Å². The van der Waals surface area contributed by atoms with Crippen LogP contribution in [-0.4, -0.2) is 0 Å². The zero-order valence-corrected chi connectivity index (χ0v) is 31.8. The summed E-state index contributed by atoms with van der Waals surface area (Å²) in [5.74, 6) is 0. The normalized spacial score (nSPS) is 12.6. The van der Waals surface area contributed by atoms with E-state index in [1.54, 1.807) is 0 Å². The molecular weight excluding hydrogens is 655 g/mol. The Kier molecular flexibility index (Phi) is 7.04. The van der Waals surface area contributed by atoms with Gasteiger partial charge in [-0.05, 0) is 150 Å². The Bertz CT molecular complexity index is 2950. The minimum atomic E-state index is 0.0191. The van der Waals surface area contributed by atoms with Crippen molar-refractivity contribution < 1.29 is 4.42 Å². The Morgan fingerprint density at radius 1 is 0.370 bits per heavy atom. The van der Waals surface area contributed by atoms with Crippen molar-refractivity contribution in [2.45, 2.75) is 52.4 Å². The van der Waals surface area contributed by atoms with Crippen LogP contribution in [0.3, 0.4) is 0 Å². The topological polar surface area (TPSA) is 16.4 Å². The van der Waals surface area contributed by atoms with Crippen molar-refractivity contribution >= 4 is 60.5 Å². The van der Waals surface area contributed by atoms with E-state index in [0.717, 1.165) is 39.0 Å². The van der Waals surface area contributed by atoms with Crippen LogP contribution in [0.2, 0.25) is 0 Å². The molecule has 2 heteroatoms. The molecule has 0 aliphatic heterocycles. The fraction of sp³-hybridized carbons (Fsp3) is 0.154. The molecule has 1 aromatic heterocycles. The molecule has 0 amide bonds. The zero-order valence-electron chi connectivity index (χ0n) is 31.8. The van der Waals surface area contributed by atoms with E-state index in [9.17, 15) is 0 Å². The number of furan rings is 1. The van der Waals surface area contributed by atoms with Crippen molar-refractivity contribution in [1.29, 1.82) is 0 Å². The summed E-state index contributed by atoms with van der Waals surface area (Å²) in [6.07, 6.45) is 0. The van der Waals surface area contributed by atoms with Gasteiger partial charge in [0, 0.05) is 33.9 Å². The average molecular weight is 698 g/mol. The van der Waals surface area contributed by atoms with Crippen molar-refractivity contribution in [1.82, 2.24) is 0 Å². The van der Waals surface area contributed by atoms with Gasteiger partial charge in [0.05, 0.1) is 0 Å². The lowest BCUT2D eigenvalue weighted by molar-refractivity contribution is 0.590. The number of rotatable bonds is 4. The maximum absolute atomic E-state index is 6.39. The van der Waals surface area contributed by atoms with Crippen molar-refractivity contribution in [3.63, 3.8) is 0 Å². The predicted octanol–water partition coefficient (Wildman–Crippen LogP) is 15.3. The molecule has 0 bridgehead atoms. The quantitative estimate of drug-likeness (QED) is 0.182. The highest BCUT2D eigenvalue weighted by Gasteiger charge is 2.25. The second kappa shape index (κ2) is 11.7. The van der Waals surface area contributed by atoms with E-state index < -0.39 is 0 Å². The molecule has 0 N–H and O–H groups in total. The van der Waals surface area contributed by atoms with Gasteiger partial charge in [-0.1, -0.05) is 114 Å². The van der Waals surface area contributed by atoms with Crippen molar-refractivity contribution in [3.8, 4) is 33.4 Å². The molecule has 262 valence electrons. The van der Waals surface area contributed by atoms with Gasteiger partial charge in [0.2, 0.25) is 0 Å². The van der Waals surface area contributed by atoms with E-state index >= 15 is 0 Å². The number of hydrogen-bond acceptors (Lipinski definition) is 2. The van der Waals surface area contributed by atoms with E-state index in [4.69, 9.17) is 4.42 Å². The summed E-state index contributed by atoms with van der Waals surface area (Å²) in [4.78, 5) is 2.37. The Morgan fingerprint density at radius 2 is 0.926 bits per heavy atom. The number of fused-ring (bicyclic) bond motifs is 9. The first-order valence-electron chi connectivity index (χ1n) is 19.1. The van der Waals surface area contributed by atoms with Crippen LogP contribution in [-0.2, 0) is 10.8 Å². The van der Waals surface area contributed by atoms with Crippen LogP contribution in [0.15, 0.2) is 156 Å². The summed E-state index contributed by atoms with van der Waals surface area (Å²) in [5.41, 5.74) is 15.7. The number of benzene rings is 8. The maximum Gasteiger partial charge on any atom is 0.137 e. The molecule has 1 aliphatic rings. The molecule has 0 spiro atoms. The second-order valence-corrected chi connectivity index (χ2v) is 17.1. The molecule has 0 atom stereocenters. The van der Waals surface area contributed by atoms with E-state index in [1.165, 1.54) is 66.1 Å². The predicted molar refractivity (Wildman–Crippen MR) is 231 cm³/mol. The minimum Gasteiger partial charge on any atom is -0.456 e. The third kappa shape index (κ3) is 5.31. The Morgan fingerprint density at radius 3 is 1.63 bits per heavy atom. The monoisotopic (exact) mass is 697 g/mol. The largest absolute Gasteiger partial charge is 0.456 e. The molecule has 1 aliphatic carbocycles. The van der Waals surface area contributed by atoms with Crippen LogP contribution in [0.25, 0.3) is 76.9 Å². The van der Waals surface area contributed by atoms with E-state index in [-0.39, 0.29) is 10.8 Å². The summed E-state index contributed by atoms with van der Waals surface area (Å²) < 4.78 is 6.39. The molecular formula is C52H43NO. The van der Waals surface area contributed by atoms with Gasteiger partial charge in [-0.25, -0.2) is 0 Å². The van der Waals surface area contributed by atoms with Gasteiger partial charge >= 0.3 is 0 Å². The van der Waals surface area contributed by atoms with Crippen molar-refractivity contribution in [3.05, 3.63) is 163 Å². The Balaban J connectivity index is 1.06. The highest BCUT2D eigenvalue weighted by Crippen LogP contribution is 2.51. The Labute approximate surface area is 317 Å². The van der Waals surface area contributed by atoms with Gasteiger partial charge in [-0.2, -0.15) is 0 Å². The smallest absolute Gasteiger partial charge is 0.137 e. The van der Waals surface area contributed by atoms with Gasteiger partial charge in [0.15, 0.2) is 0 Å². The SMILES string of the molecule is CC(C)(C)c1ccc(-c2ccc3cc4c(cc3c2)-c2cc3cc(N(c5cccc(C(C)(C)C)c5)c5ccc6c(c5)oc5ccccc56)ccc3cc2-4)cc1. The zero-order chi connectivity index (χ0) is 36.9. The molecule has 2 nitrogen and oxygen atoms in total. The lowest BCUT2D eigenvalue weighted by Crippen LogP contribution is -2.14.